The Morgan fingerprint density at radius 1 is 1.41 bits per heavy atom. The van der Waals surface area contributed by atoms with Crippen LogP contribution in [0.3, 0.4) is 0 Å². The van der Waals surface area contributed by atoms with Gasteiger partial charge >= 0.3 is 0 Å². The highest BCUT2D eigenvalue weighted by Gasteiger charge is 2.27. The minimum absolute atomic E-state index is 0.122. The highest BCUT2D eigenvalue weighted by molar-refractivity contribution is 5.95. The van der Waals surface area contributed by atoms with Crippen molar-refractivity contribution in [3.63, 3.8) is 0 Å². The van der Waals surface area contributed by atoms with Crippen molar-refractivity contribution in [2.24, 2.45) is 18.2 Å². The van der Waals surface area contributed by atoms with Crippen molar-refractivity contribution in [1.29, 1.82) is 0 Å². The second-order valence-electron chi connectivity index (χ2n) is 5.20. The van der Waals surface area contributed by atoms with Gasteiger partial charge in [-0.1, -0.05) is 20.8 Å². The molecule has 0 unspecified atom stereocenters. The van der Waals surface area contributed by atoms with Crippen molar-refractivity contribution < 1.29 is 4.79 Å². The predicted octanol–water partition coefficient (Wildman–Crippen LogP) is 0.697. The molecule has 0 aliphatic heterocycles. The summed E-state index contributed by atoms with van der Waals surface area (Å²) >= 11 is 0. The Morgan fingerprint density at radius 2 is 2.00 bits per heavy atom. The quantitative estimate of drug-likeness (QED) is 0.794. The number of carbonyl (C=O) groups is 1. The van der Waals surface area contributed by atoms with E-state index in [1.807, 2.05) is 20.8 Å². The van der Waals surface area contributed by atoms with Crippen LogP contribution in [0.2, 0.25) is 0 Å². The van der Waals surface area contributed by atoms with Gasteiger partial charge in [0.25, 0.3) is 0 Å². The highest BCUT2D eigenvalue weighted by Crippen LogP contribution is 2.18. The normalized spacial score (nSPS) is 13.2. The van der Waals surface area contributed by atoms with E-state index < -0.39 is 6.04 Å². The number of hydrogen-bond acceptors (Lipinski definition) is 3. The van der Waals surface area contributed by atoms with Gasteiger partial charge in [-0.3, -0.25) is 9.59 Å². The first-order valence-electron chi connectivity index (χ1n) is 5.45. The maximum Gasteiger partial charge on any atom is 0.250 e. The van der Waals surface area contributed by atoms with E-state index in [9.17, 15) is 9.59 Å². The number of carbonyl (C=O) groups excluding carboxylic acids is 1. The van der Waals surface area contributed by atoms with E-state index in [1.54, 1.807) is 19.3 Å². The van der Waals surface area contributed by atoms with E-state index in [1.165, 1.54) is 10.6 Å². The molecular formula is C12H19N3O2. The largest absolute Gasteiger partial charge is 0.323 e. The van der Waals surface area contributed by atoms with E-state index in [2.05, 4.69) is 5.32 Å². The summed E-state index contributed by atoms with van der Waals surface area (Å²) in [4.78, 5) is 23.0. The van der Waals surface area contributed by atoms with Crippen LogP contribution in [-0.2, 0) is 11.8 Å². The molecule has 0 fully saturated rings. The Kier molecular flexibility index (Phi) is 3.72. The van der Waals surface area contributed by atoms with Gasteiger partial charge in [-0.15, -0.1) is 0 Å². The second kappa shape index (κ2) is 4.71. The van der Waals surface area contributed by atoms with Gasteiger partial charge in [-0.2, -0.15) is 0 Å². The standard InChI is InChI=1S/C12H19N3O2/c1-12(2,3)10(13)11(17)14-8-5-6-9(16)15(4)7-8/h5-7,10H,13H2,1-4H3,(H,14,17)/t10-/m0/s1. The van der Waals surface area contributed by atoms with Crippen molar-refractivity contribution in [3.8, 4) is 0 Å². The van der Waals surface area contributed by atoms with Crippen molar-refractivity contribution in [1.82, 2.24) is 4.57 Å². The molecule has 0 aliphatic carbocycles. The van der Waals surface area contributed by atoms with E-state index >= 15 is 0 Å². The Balaban J connectivity index is 2.82. The molecule has 0 radical (unpaired) electrons. The van der Waals surface area contributed by atoms with Gasteiger partial charge < -0.3 is 15.6 Å². The molecule has 1 atom stereocenters. The van der Waals surface area contributed by atoms with Crippen LogP contribution in [0.5, 0.6) is 0 Å². The SMILES string of the molecule is Cn1cc(NC(=O)[C@H](N)C(C)(C)C)ccc1=O. The number of nitrogens with one attached hydrogen (secondary N) is 1. The van der Waals surface area contributed by atoms with E-state index in [0.717, 1.165) is 0 Å². The minimum atomic E-state index is -0.597. The first kappa shape index (κ1) is 13.4. The van der Waals surface area contributed by atoms with Gasteiger partial charge in [0.15, 0.2) is 0 Å². The zero-order valence-corrected chi connectivity index (χ0v) is 10.7. The Bertz CT molecular complexity index is 471. The van der Waals surface area contributed by atoms with Gasteiger partial charge in [0.2, 0.25) is 11.5 Å². The van der Waals surface area contributed by atoms with Crippen LogP contribution in [0.15, 0.2) is 23.1 Å². The monoisotopic (exact) mass is 237 g/mol. The molecule has 1 heterocycles. The summed E-state index contributed by atoms with van der Waals surface area (Å²) in [6, 6.07) is 2.37. The van der Waals surface area contributed by atoms with Crippen molar-refractivity contribution in [3.05, 3.63) is 28.7 Å². The van der Waals surface area contributed by atoms with Gasteiger partial charge in [0, 0.05) is 19.3 Å². The molecule has 1 aromatic heterocycles. The molecule has 0 aliphatic rings. The zero-order valence-electron chi connectivity index (χ0n) is 10.7. The third-order valence-corrected chi connectivity index (χ3v) is 2.57. The third kappa shape index (κ3) is 3.42. The summed E-state index contributed by atoms with van der Waals surface area (Å²) in [5, 5.41) is 2.69. The first-order chi connectivity index (χ1) is 7.71. The molecule has 0 spiro atoms. The summed E-state index contributed by atoms with van der Waals surface area (Å²) in [6.07, 6.45) is 1.57. The fourth-order valence-electron chi connectivity index (χ4n) is 1.28. The molecule has 94 valence electrons. The molecule has 3 N–H and O–H groups in total. The smallest absolute Gasteiger partial charge is 0.250 e. The lowest BCUT2D eigenvalue weighted by Crippen LogP contribution is -2.45. The van der Waals surface area contributed by atoms with Crippen molar-refractivity contribution in [2.75, 3.05) is 5.32 Å². The van der Waals surface area contributed by atoms with Gasteiger partial charge in [-0.05, 0) is 11.5 Å². The summed E-state index contributed by atoms with van der Waals surface area (Å²) in [5.74, 6) is -0.254. The minimum Gasteiger partial charge on any atom is -0.323 e. The number of aromatic nitrogens is 1. The zero-order chi connectivity index (χ0) is 13.2. The third-order valence-electron chi connectivity index (χ3n) is 2.57. The highest BCUT2D eigenvalue weighted by atomic mass is 16.2. The molecule has 0 saturated heterocycles. The maximum absolute atomic E-state index is 11.8. The molecule has 0 saturated carbocycles. The second-order valence-corrected chi connectivity index (χ2v) is 5.20. The number of anilines is 1. The van der Waals surface area contributed by atoms with Crippen LogP contribution < -0.4 is 16.6 Å². The molecule has 1 aromatic rings. The summed E-state index contributed by atoms with van der Waals surface area (Å²) in [5.41, 5.74) is 5.97. The lowest BCUT2D eigenvalue weighted by molar-refractivity contribution is -0.119. The summed E-state index contributed by atoms with van der Waals surface area (Å²) < 4.78 is 1.40. The molecule has 0 aromatic carbocycles. The van der Waals surface area contributed by atoms with Crippen LogP contribution in [0.1, 0.15) is 20.8 Å². The van der Waals surface area contributed by atoms with Gasteiger partial charge in [0.05, 0.1) is 11.7 Å². The Hall–Kier alpha value is -1.62. The number of pyridine rings is 1. The van der Waals surface area contributed by atoms with E-state index in [0.29, 0.717) is 5.69 Å². The van der Waals surface area contributed by atoms with E-state index in [-0.39, 0.29) is 16.9 Å². The number of nitrogens with zero attached hydrogens (tertiary/aromatic N) is 1. The lowest BCUT2D eigenvalue weighted by Gasteiger charge is -2.25. The predicted molar refractivity (Wildman–Crippen MR) is 67.7 cm³/mol. The fraction of sp³-hybridized carbons (Fsp3) is 0.500. The van der Waals surface area contributed by atoms with Crippen molar-refractivity contribution >= 4 is 11.6 Å². The summed E-state index contributed by atoms with van der Waals surface area (Å²) in [6.45, 7) is 5.70. The average molecular weight is 237 g/mol. The van der Waals surface area contributed by atoms with E-state index in [4.69, 9.17) is 5.73 Å². The molecule has 5 heteroatoms. The van der Waals surface area contributed by atoms with Gasteiger partial charge in [0.1, 0.15) is 0 Å². The topological polar surface area (TPSA) is 77.1 Å². The molecule has 0 bridgehead atoms. The number of aryl methyl sites for hydroxylation is 1. The van der Waals surface area contributed by atoms with Crippen LogP contribution in [0.25, 0.3) is 0 Å². The Morgan fingerprint density at radius 3 is 2.47 bits per heavy atom. The summed E-state index contributed by atoms with van der Waals surface area (Å²) in [7, 11) is 1.63. The first-order valence-corrected chi connectivity index (χ1v) is 5.45. The van der Waals surface area contributed by atoms with Crippen LogP contribution >= 0.6 is 0 Å². The Labute approximate surface area is 101 Å². The van der Waals surface area contributed by atoms with Crippen LogP contribution in [0.4, 0.5) is 5.69 Å². The van der Waals surface area contributed by atoms with Crippen LogP contribution in [0, 0.1) is 5.41 Å². The molecule has 17 heavy (non-hydrogen) atoms. The molecular weight excluding hydrogens is 218 g/mol. The number of rotatable bonds is 2. The molecule has 1 amide bonds. The number of amides is 1. The maximum atomic E-state index is 11.8. The van der Waals surface area contributed by atoms with Crippen molar-refractivity contribution in [2.45, 2.75) is 26.8 Å². The van der Waals surface area contributed by atoms with Crippen LogP contribution in [-0.4, -0.2) is 16.5 Å². The number of hydrogen-bond donors (Lipinski definition) is 2. The number of nitrogens with two attached hydrogens (primary N) is 1. The lowest BCUT2D eigenvalue weighted by atomic mass is 9.87. The average Bonchev–Trinajstić information content (AvgIpc) is 2.21. The fourth-order valence-corrected chi connectivity index (χ4v) is 1.28. The molecule has 1 rings (SSSR count). The molecule has 5 nitrogen and oxygen atoms in total. The van der Waals surface area contributed by atoms with Gasteiger partial charge in [-0.25, -0.2) is 0 Å².